The summed E-state index contributed by atoms with van der Waals surface area (Å²) in [4.78, 5) is 25.5. The lowest BCUT2D eigenvalue weighted by atomic mass is 10.1. The van der Waals surface area contributed by atoms with E-state index in [1.165, 1.54) is 0 Å². The predicted molar refractivity (Wildman–Crippen MR) is 70.9 cm³/mol. The second kappa shape index (κ2) is 5.03. The van der Waals surface area contributed by atoms with Gasteiger partial charge in [0, 0.05) is 6.07 Å². The minimum Gasteiger partial charge on any atom is -0.394 e. The maximum Gasteiger partial charge on any atom is 0.331 e. The molecule has 3 heterocycles. The first-order valence-electron chi connectivity index (χ1n) is 6.74. The molecule has 0 bridgehead atoms. The molecule has 2 fully saturated rings. The van der Waals surface area contributed by atoms with E-state index in [4.69, 9.17) is 19.5 Å². The van der Waals surface area contributed by atoms with E-state index in [9.17, 15) is 14.7 Å². The average Bonchev–Trinajstić information content (AvgIpc) is 2.91. The molecule has 0 saturated carbocycles. The van der Waals surface area contributed by atoms with Crippen LogP contribution in [0.3, 0.4) is 0 Å². The van der Waals surface area contributed by atoms with E-state index in [1.54, 1.807) is 19.9 Å². The smallest absolute Gasteiger partial charge is 0.331 e. The minimum atomic E-state index is -0.970. The third-order valence-electron chi connectivity index (χ3n) is 3.65. The summed E-state index contributed by atoms with van der Waals surface area (Å²) in [6.07, 6.45) is -2.91. The lowest BCUT2D eigenvalue weighted by Crippen LogP contribution is -2.39. The number of aliphatic hydroxyl groups excluding tert-OH is 1. The van der Waals surface area contributed by atoms with Crippen molar-refractivity contribution in [1.82, 2.24) is 9.55 Å². The van der Waals surface area contributed by atoms with E-state index in [2.05, 4.69) is 4.98 Å². The molecule has 0 unspecified atom stereocenters. The summed E-state index contributed by atoms with van der Waals surface area (Å²) in [6.45, 7) is 3.09. The Morgan fingerprint density at radius 2 is 2.09 bits per heavy atom. The first kappa shape index (κ1) is 14.9. The number of nitriles is 1. The number of rotatable bonds is 2. The number of nitrogens with zero attached hydrogens (tertiary/aromatic N) is 2. The largest absolute Gasteiger partial charge is 0.394 e. The summed E-state index contributed by atoms with van der Waals surface area (Å²) >= 11 is 0. The van der Waals surface area contributed by atoms with Gasteiger partial charge in [0.05, 0.1) is 6.61 Å². The van der Waals surface area contributed by atoms with Crippen molar-refractivity contribution in [2.24, 2.45) is 0 Å². The van der Waals surface area contributed by atoms with E-state index in [0.717, 1.165) is 10.6 Å². The van der Waals surface area contributed by atoms with Crippen LogP contribution in [0.1, 0.15) is 25.8 Å². The highest BCUT2D eigenvalue weighted by Gasteiger charge is 2.56. The third-order valence-corrected chi connectivity index (χ3v) is 3.65. The molecule has 4 atom stereocenters. The van der Waals surface area contributed by atoms with Gasteiger partial charge in [-0.1, -0.05) is 0 Å². The molecule has 0 radical (unpaired) electrons. The van der Waals surface area contributed by atoms with Gasteiger partial charge in [0.2, 0.25) is 0 Å². The van der Waals surface area contributed by atoms with Gasteiger partial charge in [-0.15, -0.1) is 0 Å². The molecule has 2 aliphatic heterocycles. The zero-order chi connectivity index (χ0) is 16.1. The molecule has 0 aliphatic carbocycles. The molecule has 2 aliphatic rings. The van der Waals surface area contributed by atoms with Crippen molar-refractivity contribution < 1.29 is 19.3 Å². The molecule has 2 saturated heterocycles. The summed E-state index contributed by atoms with van der Waals surface area (Å²) in [7, 11) is 0. The molecule has 22 heavy (non-hydrogen) atoms. The Hall–Kier alpha value is -1.99. The average molecular weight is 309 g/mol. The van der Waals surface area contributed by atoms with Gasteiger partial charge in [-0.3, -0.25) is 14.3 Å². The Balaban J connectivity index is 2.08. The molecule has 118 valence electrons. The van der Waals surface area contributed by atoms with Crippen molar-refractivity contribution in [2.45, 2.75) is 44.2 Å². The van der Waals surface area contributed by atoms with E-state index < -0.39 is 41.6 Å². The van der Waals surface area contributed by atoms with Gasteiger partial charge in [0.1, 0.15) is 30.1 Å². The van der Waals surface area contributed by atoms with Crippen LogP contribution in [0.2, 0.25) is 0 Å². The number of aromatic nitrogens is 2. The van der Waals surface area contributed by atoms with Gasteiger partial charge in [0.25, 0.3) is 5.56 Å². The van der Waals surface area contributed by atoms with Crippen LogP contribution in [0.15, 0.2) is 15.7 Å². The van der Waals surface area contributed by atoms with Crippen molar-refractivity contribution in [3.8, 4) is 6.07 Å². The van der Waals surface area contributed by atoms with Crippen molar-refractivity contribution in [1.29, 1.82) is 5.26 Å². The van der Waals surface area contributed by atoms with Crippen molar-refractivity contribution in [2.75, 3.05) is 6.61 Å². The van der Waals surface area contributed by atoms with E-state index in [0.29, 0.717) is 0 Å². The number of nitrogens with one attached hydrogen (secondary N) is 1. The molecule has 0 spiro atoms. The Morgan fingerprint density at radius 3 is 2.73 bits per heavy atom. The molecule has 1 aromatic rings. The van der Waals surface area contributed by atoms with Crippen LogP contribution in [0.4, 0.5) is 0 Å². The quantitative estimate of drug-likeness (QED) is 0.704. The Morgan fingerprint density at radius 1 is 1.41 bits per heavy atom. The summed E-state index contributed by atoms with van der Waals surface area (Å²) in [5.74, 6) is -0.899. The number of H-pyrrole nitrogens is 1. The van der Waals surface area contributed by atoms with Gasteiger partial charge >= 0.3 is 5.69 Å². The predicted octanol–water partition coefficient (Wildman–Crippen LogP) is -1.18. The van der Waals surface area contributed by atoms with E-state index in [1.807, 2.05) is 0 Å². The van der Waals surface area contributed by atoms with E-state index in [-0.39, 0.29) is 12.3 Å². The van der Waals surface area contributed by atoms with E-state index >= 15 is 0 Å². The maximum atomic E-state index is 12.1. The summed E-state index contributed by atoms with van der Waals surface area (Å²) in [6, 6.07) is 2.80. The van der Waals surface area contributed by atoms with Crippen molar-refractivity contribution in [3.63, 3.8) is 0 Å². The van der Waals surface area contributed by atoms with Gasteiger partial charge in [-0.05, 0) is 13.8 Å². The highest BCUT2D eigenvalue weighted by molar-refractivity contribution is 5.20. The molecule has 3 rings (SSSR count). The number of ether oxygens (including phenoxy) is 3. The summed E-state index contributed by atoms with van der Waals surface area (Å²) in [5, 5.41) is 18.6. The van der Waals surface area contributed by atoms with Crippen LogP contribution in [0, 0.1) is 11.3 Å². The highest BCUT2D eigenvalue weighted by Crippen LogP contribution is 2.42. The van der Waals surface area contributed by atoms with Gasteiger partial charge in [0.15, 0.2) is 12.0 Å². The third kappa shape index (κ3) is 2.26. The monoisotopic (exact) mass is 309 g/mol. The fourth-order valence-electron chi connectivity index (χ4n) is 2.86. The zero-order valence-corrected chi connectivity index (χ0v) is 12.0. The fourth-order valence-corrected chi connectivity index (χ4v) is 2.86. The standard InChI is InChI=1S/C13H15N3O6/c1-13(2)21-9-7(5-17)20-11(10(9)22-13)16-6(4-14)3-8(18)15-12(16)19/h3,7,9-11,17H,5H2,1-2H3,(H,15,18,19)/t7-,9-,10-,11-/m1/s1. The highest BCUT2D eigenvalue weighted by atomic mass is 16.8. The van der Waals surface area contributed by atoms with Gasteiger partial charge in [-0.2, -0.15) is 5.26 Å². The second-order valence-corrected chi connectivity index (χ2v) is 5.62. The molecule has 2 N–H and O–H groups in total. The van der Waals surface area contributed by atoms with Crippen LogP contribution in [-0.2, 0) is 14.2 Å². The van der Waals surface area contributed by atoms with Gasteiger partial charge in [-0.25, -0.2) is 4.79 Å². The minimum absolute atomic E-state index is 0.149. The number of fused-ring (bicyclic) bond motifs is 1. The summed E-state index contributed by atoms with van der Waals surface area (Å²) < 4.78 is 18.0. The molecular weight excluding hydrogens is 294 g/mol. The van der Waals surface area contributed by atoms with Crippen molar-refractivity contribution in [3.05, 3.63) is 32.6 Å². The topological polar surface area (TPSA) is 127 Å². The van der Waals surface area contributed by atoms with Crippen LogP contribution in [0.5, 0.6) is 0 Å². The molecule has 0 amide bonds. The SMILES string of the molecule is CC1(C)O[C@@H]2[C@H](O1)[C@@H](CO)O[C@H]2n1c(C#N)cc(=O)[nH]c1=O. The Kier molecular flexibility index (Phi) is 3.41. The van der Waals surface area contributed by atoms with Gasteiger partial charge < -0.3 is 19.3 Å². The number of aromatic amines is 1. The second-order valence-electron chi connectivity index (χ2n) is 5.62. The number of aliphatic hydroxyl groups is 1. The van der Waals surface area contributed by atoms with Crippen LogP contribution < -0.4 is 11.2 Å². The van der Waals surface area contributed by atoms with Crippen molar-refractivity contribution >= 4 is 0 Å². The lowest BCUT2D eigenvalue weighted by Gasteiger charge is -2.24. The molecular formula is C13H15N3O6. The number of hydrogen-bond acceptors (Lipinski definition) is 7. The molecule has 1 aromatic heterocycles. The lowest BCUT2D eigenvalue weighted by molar-refractivity contribution is -0.200. The zero-order valence-electron chi connectivity index (χ0n) is 12.0. The molecule has 9 heteroatoms. The van der Waals surface area contributed by atoms with Crippen LogP contribution >= 0.6 is 0 Å². The molecule has 0 aromatic carbocycles. The summed E-state index contributed by atoms with van der Waals surface area (Å²) in [5.41, 5.74) is -1.60. The normalized spacial score (nSPS) is 32.6. The van der Waals surface area contributed by atoms with Crippen LogP contribution in [0.25, 0.3) is 0 Å². The fraction of sp³-hybridized carbons (Fsp3) is 0.615. The number of hydrogen-bond donors (Lipinski definition) is 2. The Bertz CT molecular complexity index is 745. The first-order chi connectivity index (χ1) is 10.4. The first-order valence-corrected chi connectivity index (χ1v) is 6.74. The van der Waals surface area contributed by atoms with Crippen LogP contribution in [-0.4, -0.2) is 45.4 Å². The Labute approximate surface area is 124 Å². The maximum absolute atomic E-state index is 12.1. The molecule has 9 nitrogen and oxygen atoms in total.